The van der Waals surface area contributed by atoms with E-state index in [1.807, 2.05) is 39.0 Å². The molecule has 0 aliphatic carbocycles. The Kier molecular flexibility index (Phi) is 6.58. The minimum Gasteiger partial charge on any atom is -0.480 e. The predicted octanol–water partition coefficient (Wildman–Crippen LogP) is 3.63. The van der Waals surface area contributed by atoms with Crippen molar-refractivity contribution in [2.45, 2.75) is 43.8 Å². The van der Waals surface area contributed by atoms with E-state index in [1.165, 1.54) is 11.8 Å². The fourth-order valence-corrected chi connectivity index (χ4v) is 2.55. The molecule has 0 heterocycles. The van der Waals surface area contributed by atoms with Crippen molar-refractivity contribution in [3.63, 3.8) is 0 Å². The van der Waals surface area contributed by atoms with E-state index in [0.29, 0.717) is 12.1 Å². The van der Waals surface area contributed by atoms with Crippen molar-refractivity contribution in [3.8, 4) is 0 Å². The Morgan fingerprint density at radius 1 is 1.25 bits per heavy atom. The van der Waals surface area contributed by atoms with E-state index in [2.05, 4.69) is 5.32 Å². The molecule has 5 heteroatoms. The number of carbonyl (C=O) groups excluding carboxylic acids is 1. The summed E-state index contributed by atoms with van der Waals surface area (Å²) in [5.74, 6) is -0.931. The van der Waals surface area contributed by atoms with E-state index in [-0.39, 0.29) is 11.8 Å². The molecule has 1 amide bonds. The van der Waals surface area contributed by atoms with Gasteiger partial charge in [-0.3, -0.25) is 9.59 Å². The van der Waals surface area contributed by atoms with E-state index >= 15 is 0 Å². The Bertz CT molecular complexity index is 476. The molecule has 0 aromatic heterocycles. The minimum atomic E-state index is -0.833. The van der Waals surface area contributed by atoms with Gasteiger partial charge in [-0.1, -0.05) is 32.9 Å². The number of anilines is 1. The quantitative estimate of drug-likeness (QED) is 0.754. The van der Waals surface area contributed by atoms with E-state index in [0.717, 1.165) is 11.3 Å². The number of amides is 1. The number of carbonyl (C=O) groups is 2. The average Bonchev–Trinajstić information content (AvgIpc) is 2.44. The second-order valence-electron chi connectivity index (χ2n) is 4.65. The van der Waals surface area contributed by atoms with Crippen molar-refractivity contribution >= 4 is 29.3 Å². The third-order valence-electron chi connectivity index (χ3n) is 3.12. The SMILES string of the molecule is CC[C@@H](C)C(=O)Nc1ccccc1S[C@H](CC)C(=O)O. The molecule has 0 unspecified atom stereocenters. The number of carboxylic acids is 1. The van der Waals surface area contributed by atoms with Gasteiger partial charge in [0.05, 0.1) is 5.69 Å². The topological polar surface area (TPSA) is 66.4 Å². The zero-order chi connectivity index (χ0) is 15.1. The lowest BCUT2D eigenvalue weighted by Crippen LogP contribution is -2.20. The van der Waals surface area contributed by atoms with Gasteiger partial charge in [-0.05, 0) is 25.0 Å². The number of hydrogen-bond acceptors (Lipinski definition) is 3. The molecule has 1 rings (SSSR count). The van der Waals surface area contributed by atoms with Gasteiger partial charge in [0.15, 0.2) is 0 Å². The van der Waals surface area contributed by atoms with Crippen LogP contribution in [0.15, 0.2) is 29.2 Å². The molecule has 0 aliphatic rings. The van der Waals surface area contributed by atoms with Gasteiger partial charge in [-0.25, -0.2) is 0 Å². The fourth-order valence-electron chi connectivity index (χ4n) is 1.58. The number of nitrogens with one attached hydrogen (secondary N) is 1. The van der Waals surface area contributed by atoms with Crippen LogP contribution >= 0.6 is 11.8 Å². The molecule has 0 radical (unpaired) electrons. The molecule has 0 aliphatic heterocycles. The second-order valence-corrected chi connectivity index (χ2v) is 5.89. The number of para-hydroxylation sites is 1. The summed E-state index contributed by atoms with van der Waals surface area (Å²) in [5, 5.41) is 11.5. The number of aliphatic carboxylic acids is 1. The molecule has 0 spiro atoms. The normalized spacial score (nSPS) is 13.6. The van der Waals surface area contributed by atoms with Crippen molar-refractivity contribution in [2.75, 3.05) is 5.32 Å². The van der Waals surface area contributed by atoms with Crippen LogP contribution in [0.1, 0.15) is 33.6 Å². The lowest BCUT2D eigenvalue weighted by Gasteiger charge is -2.15. The highest BCUT2D eigenvalue weighted by Gasteiger charge is 2.19. The number of rotatable bonds is 7. The summed E-state index contributed by atoms with van der Waals surface area (Å²) in [6.07, 6.45) is 1.31. The summed E-state index contributed by atoms with van der Waals surface area (Å²) in [6.45, 7) is 5.67. The first-order chi connectivity index (χ1) is 9.49. The first kappa shape index (κ1) is 16.6. The third kappa shape index (κ3) is 4.56. The van der Waals surface area contributed by atoms with Crippen LogP contribution in [0.3, 0.4) is 0 Å². The van der Waals surface area contributed by atoms with Gasteiger partial charge in [-0.15, -0.1) is 11.8 Å². The molecule has 1 aromatic carbocycles. The van der Waals surface area contributed by atoms with Gasteiger partial charge in [0.1, 0.15) is 5.25 Å². The van der Waals surface area contributed by atoms with Crippen molar-refractivity contribution < 1.29 is 14.7 Å². The summed E-state index contributed by atoms with van der Waals surface area (Å²) in [5.41, 5.74) is 0.683. The number of thioether (sulfide) groups is 1. The average molecular weight is 295 g/mol. The number of benzene rings is 1. The molecule has 2 N–H and O–H groups in total. The summed E-state index contributed by atoms with van der Waals surface area (Å²) < 4.78 is 0. The zero-order valence-electron chi connectivity index (χ0n) is 12.1. The monoisotopic (exact) mass is 295 g/mol. The summed E-state index contributed by atoms with van der Waals surface area (Å²) in [4.78, 5) is 23.9. The highest BCUT2D eigenvalue weighted by Crippen LogP contribution is 2.32. The Morgan fingerprint density at radius 3 is 2.45 bits per heavy atom. The number of hydrogen-bond donors (Lipinski definition) is 2. The molecule has 110 valence electrons. The van der Waals surface area contributed by atoms with Gasteiger partial charge in [0, 0.05) is 10.8 Å². The van der Waals surface area contributed by atoms with Crippen molar-refractivity contribution in [3.05, 3.63) is 24.3 Å². The van der Waals surface area contributed by atoms with E-state index in [9.17, 15) is 9.59 Å². The first-order valence-electron chi connectivity index (χ1n) is 6.78. The third-order valence-corrected chi connectivity index (χ3v) is 4.55. The van der Waals surface area contributed by atoms with E-state index in [4.69, 9.17) is 5.11 Å². The Balaban J connectivity index is 2.88. The van der Waals surface area contributed by atoms with Gasteiger partial charge in [-0.2, -0.15) is 0 Å². The Labute approximate surface area is 124 Å². The van der Waals surface area contributed by atoms with Gasteiger partial charge < -0.3 is 10.4 Å². The molecule has 0 fully saturated rings. The predicted molar refractivity (Wildman–Crippen MR) is 82.1 cm³/mol. The Hall–Kier alpha value is -1.49. The van der Waals surface area contributed by atoms with Crippen LogP contribution in [-0.2, 0) is 9.59 Å². The maximum atomic E-state index is 11.9. The van der Waals surface area contributed by atoms with Gasteiger partial charge in [0.25, 0.3) is 0 Å². The first-order valence-corrected chi connectivity index (χ1v) is 7.66. The summed E-state index contributed by atoms with van der Waals surface area (Å²) in [7, 11) is 0. The van der Waals surface area contributed by atoms with Crippen LogP contribution in [0.25, 0.3) is 0 Å². The highest BCUT2D eigenvalue weighted by atomic mass is 32.2. The number of carboxylic acid groups (broad SMARTS) is 1. The molecule has 1 aromatic rings. The molecular weight excluding hydrogens is 274 g/mol. The lowest BCUT2D eigenvalue weighted by atomic mass is 10.1. The van der Waals surface area contributed by atoms with Crippen molar-refractivity contribution in [2.24, 2.45) is 5.92 Å². The summed E-state index contributed by atoms with van der Waals surface area (Å²) >= 11 is 1.27. The standard InChI is InChI=1S/C15H21NO3S/c1-4-10(3)14(17)16-11-8-6-7-9-13(11)20-12(5-2)15(18)19/h6-10,12H,4-5H2,1-3H3,(H,16,17)(H,18,19)/t10-,12-/m1/s1. The van der Waals surface area contributed by atoms with Crippen LogP contribution in [0.5, 0.6) is 0 Å². The highest BCUT2D eigenvalue weighted by molar-refractivity contribution is 8.00. The molecule has 0 saturated carbocycles. The van der Waals surface area contributed by atoms with Crippen molar-refractivity contribution in [1.29, 1.82) is 0 Å². The van der Waals surface area contributed by atoms with E-state index < -0.39 is 11.2 Å². The lowest BCUT2D eigenvalue weighted by molar-refractivity contribution is -0.136. The minimum absolute atomic E-state index is 0.0380. The maximum absolute atomic E-state index is 11.9. The molecule has 0 saturated heterocycles. The molecule has 20 heavy (non-hydrogen) atoms. The van der Waals surface area contributed by atoms with Crippen LogP contribution in [0, 0.1) is 5.92 Å². The van der Waals surface area contributed by atoms with Crippen LogP contribution < -0.4 is 5.32 Å². The fraction of sp³-hybridized carbons (Fsp3) is 0.467. The smallest absolute Gasteiger partial charge is 0.316 e. The molecular formula is C15H21NO3S. The van der Waals surface area contributed by atoms with E-state index in [1.54, 1.807) is 6.07 Å². The molecule has 4 nitrogen and oxygen atoms in total. The second kappa shape index (κ2) is 7.94. The van der Waals surface area contributed by atoms with Crippen molar-refractivity contribution in [1.82, 2.24) is 0 Å². The van der Waals surface area contributed by atoms with Gasteiger partial charge >= 0.3 is 5.97 Å². The molecule has 2 atom stereocenters. The largest absolute Gasteiger partial charge is 0.480 e. The van der Waals surface area contributed by atoms with Crippen LogP contribution in [0.2, 0.25) is 0 Å². The summed E-state index contributed by atoms with van der Waals surface area (Å²) in [6, 6.07) is 7.31. The maximum Gasteiger partial charge on any atom is 0.316 e. The van der Waals surface area contributed by atoms with Crippen LogP contribution in [0.4, 0.5) is 5.69 Å². The Morgan fingerprint density at radius 2 is 1.90 bits per heavy atom. The van der Waals surface area contributed by atoms with Crippen LogP contribution in [-0.4, -0.2) is 22.2 Å². The zero-order valence-corrected chi connectivity index (χ0v) is 12.9. The van der Waals surface area contributed by atoms with Gasteiger partial charge in [0.2, 0.25) is 5.91 Å². The molecule has 0 bridgehead atoms.